The van der Waals surface area contributed by atoms with Crippen LogP contribution in [0.25, 0.3) is 10.8 Å². The first-order valence-electron chi connectivity index (χ1n) is 6.95. The van der Waals surface area contributed by atoms with Crippen molar-refractivity contribution in [1.29, 1.82) is 0 Å². The average Bonchev–Trinajstić information content (AvgIpc) is 3.08. The maximum absolute atomic E-state index is 12.1. The van der Waals surface area contributed by atoms with Crippen LogP contribution in [-0.2, 0) is 16.1 Å². The summed E-state index contributed by atoms with van der Waals surface area (Å²) in [5, 5.41) is 5.51. The lowest BCUT2D eigenvalue weighted by Crippen LogP contribution is -2.29. The average molecular weight is 312 g/mol. The lowest BCUT2D eigenvalue weighted by atomic mass is 10.0. The molecule has 0 spiro atoms. The van der Waals surface area contributed by atoms with Crippen molar-refractivity contribution in [2.24, 2.45) is 0 Å². The summed E-state index contributed by atoms with van der Waals surface area (Å²) in [6, 6.07) is 13.6. The molecule has 1 unspecified atom stereocenters. The van der Waals surface area contributed by atoms with Gasteiger partial charge in [0.1, 0.15) is 6.04 Å². The zero-order valence-electron chi connectivity index (χ0n) is 12.2. The van der Waals surface area contributed by atoms with Crippen LogP contribution in [0.2, 0.25) is 0 Å². The standard InChI is InChI=1S/C17H16N2O2S/c1-21-17(20)16(19-10-15-9-18-11-22-15)14-7-6-12-4-2-3-5-13(12)8-14/h2-9,11,16,19H,10H2,1H3. The highest BCUT2D eigenvalue weighted by Gasteiger charge is 2.21. The largest absolute Gasteiger partial charge is 0.468 e. The van der Waals surface area contributed by atoms with Gasteiger partial charge in [-0.1, -0.05) is 36.4 Å². The fourth-order valence-electron chi connectivity index (χ4n) is 2.37. The van der Waals surface area contributed by atoms with E-state index in [1.807, 2.05) is 36.4 Å². The number of hydrogen-bond donors (Lipinski definition) is 1. The van der Waals surface area contributed by atoms with Gasteiger partial charge >= 0.3 is 5.97 Å². The Bertz CT molecular complexity index is 771. The second-order valence-corrected chi connectivity index (χ2v) is 5.88. The first kappa shape index (κ1) is 14.7. The van der Waals surface area contributed by atoms with Crippen LogP contribution in [0.1, 0.15) is 16.5 Å². The number of fused-ring (bicyclic) bond motifs is 1. The van der Waals surface area contributed by atoms with Crippen molar-refractivity contribution in [1.82, 2.24) is 10.3 Å². The Hall–Kier alpha value is -2.24. The Labute approximate surface area is 132 Å². The second kappa shape index (κ2) is 6.68. The van der Waals surface area contributed by atoms with Gasteiger partial charge in [0.2, 0.25) is 0 Å². The minimum Gasteiger partial charge on any atom is -0.468 e. The summed E-state index contributed by atoms with van der Waals surface area (Å²) in [4.78, 5) is 17.2. The van der Waals surface area contributed by atoms with Gasteiger partial charge in [-0.2, -0.15) is 0 Å². The van der Waals surface area contributed by atoms with Crippen LogP contribution in [-0.4, -0.2) is 18.1 Å². The van der Waals surface area contributed by atoms with Crippen LogP contribution in [0.3, 0.4) is 0 Å². The molecule has 0 aliphatic rings. The monoisotopic (exact) mass is 312 g/mol. The van der Waals surface area contributed by atoms with E-state index >= 15 is 0 Å². The van der Waals surface area contributed by atoms with E-state index < -0.39 is 6.04 Å². The number of nitrogens with zero attached hydrogens (tertiary/aromatic N) is 1. The SMILES string of the molecule is COC(=O)C(NCc1cncs1)c1ccc2ccccc2c1. The van der Waals surface area contributed by atoms with Gasteiger partial charge in [-0.05, 0) is 22.4 Å². The van der Waals surface area contributed by atoms with E-state index in [0.717, 1.165) is 21.2 Å². The highest BCUT2D eigenvalue weighted by atomic mass is 32.1. The van der Waals surface area contributed by atoms with Gasteiger partial charge in [-0.3, -0.25) is 10.3 Å². The number of methoxy groups -OCH3 is 1. The van der Waals surface area contributed by atoms with E-state index in [0.29, 0.717) is 6.54 Å². The molecule has 0 saturated carbocycles. The molecule has 0 bridgehead atoms. The van der Waals surface area contributed by atoms with Gasteiger partial charge in [0, 0.05) is 17.6 Å². The molecular weight excluding hydrogens is 296 g/mol. The molecule has 3 rings (SSSR count). The molecule has 2 aromatic carbocycles. The molecule has 0 aliphatic carbocycles. The van der Waals surface area contributed by atoms with Crippen molar-refractivity contribution in [2.75, 3.05) is 7.11 Å². The Morgan fingerprint density at radius 3 is 2.82 bits per heavy atom. The van der Waals surface area contributed by atoms with E-state index in [9.17, 15) is 4.79 Å². The smallest absolute Gasteiger partial charge is 0.327 e. The number of esters is 1. The van der Waals surface area contributed by atoms with Crippen molar-refractivity contribution >= 4 is 28.1 Å². The highest BCUT2D eigenvalue weighted by Crippen LogP contribution is 2.22. The Kier molecular flexibility index (Phi) is 4.46. The zero-order chi connectivity index (χ0) is 15.4. The Balaban J connectivity index is 1.87. The Morgan fingerprint density at radius 2 is 2.09 bits per heavy atom. The number of ether oxygens (including phenoxy) is 1. The molecule has 1 aromatic heterocycles. The summed E-state index contributed by atoms with van der Waals surface area (Å²) >= 11 is 1.56. The Morgan fingerprint density at radius 1 is 1.27 bits per heavy atom. The van der Waals surface area contributed by atoms with E-state index in [1.54, 1.807) is 23.0 Å². The number of carbonyl (C=O) groups is 1. The van der Waals surface area contributed by atoms with Crippen LogP contribution in [0.5, 0.6) is 0 Å². The van der Waals surface area contributed by atoms with Crippen LogP contribution in [0.4, 0.5) is 0 Å². The van der Waals surface area contributed by atoms with Crippen molar-refractivity contribution < 1.29 is 9.53 Å². The van der Waals surface area contributed by atoms with Crippen molar-refractivity contribution in [3.63, 3.8) is 0 Å². The molecule has 0 amide bonds. The molecule has 1 N–H and O–H groups in total. The second-order valence-electron chi connectivity index (χ2n) is 4.91. The van der Waals surface area contributed by atoms with E-state index in [1.165, 1.54) is 7.11 Å². The normalized spacial score (nSPS) is 12.2. The third kappa shape index (κ3) is 3.16. The number of benzene rings is 2. The van der Waals surface area contributed by atoms with Crippen molar-refractivity contribution in [3.8, 4) is 0 Å². The van der Waals surface area contributed by atoms with Crippen LogP contribution >= 0.6 is 11.3 Å². The van der Waals surface area contributed by atoms with Crippen molar-refractivity contribution in [2.45, 2.75) is 12.6 Å². The van der Waals surface area contributed by atoms with Gasteiger partial charge in [0.15, 0.2) is 0 Å². The zero-order valence-corrected chi connectivity index (χ0v) is 13.0. The summed E-state index contributed by atoms with van der Waals surface area (Å²) in [5.74, 6) is -0.292. The summed E-state index contributed by atoms with van der Waals surface area (Å²) < 4.78 is 4.94. The predicted octanol–water partition coefficient (Wildman–Crippen LogP) is 3.30. The van der Waals surface area contributed by atoms with Gasteiger partial charge in [-0.25, -0.2) is 4.79 Å². The molecule has 0 aliphatic heterocycles. The number of nitrogens with one attached hydrogen (secondary N) is 1. The van der Waals surface area contributed by atoms with Crippen LogP contribution < -0.4 is 5.32 Å². The lowest BCUT2D eigenvalue weighted by Gasteiger charge is -2.17. The quantitative estimate of drug-likeness (QED) is 0.734. The summed E-state index contributed by atoms with van der Waals surface area (Å²) in [6.07, 6.45) is 1.80. The molecule has 1 heterocycles. The predicted molar refractivity (Wildman–Crippen MR) is 87.7 cm³/mol. The topological polar surface area (TPSA) is 51.2 Å². The molecule has 112 valence electrons. The fraction of sp³-hybridized carbons (Fsp3) is 0.176. The third-order valence-corrected chi connectivity index (χ3v) is 4.29. The first-order chi connectivity index (χ1) is 10.8. The van der Waals surface area contributed by atoms with E-state index in [2.05, 4.69) is 16.4 Å². The van der Waals surface area contributed by atoms with E-state index in [4.69, 9.17) is 4.74 Å². The summed E-state index contributed by atoms with van der Waals surface area (Å²) in [6.45, 7) is 0.581. The molecule has 5 heteroatoms. The minimum absolute atomic E-state index is 0.292. The highest BCUT2D eigenvalue weighted by molar-refractivity contribution is 7.09. The van der Waals surface area contributed by atoms with Gasteiger partial charge in [-0.15, -0.1) is 11.3 Å². The number of aromatic nitrogens is 1. The number of hydrogen-bond acceptors (Lipinski definition) is 5. The number of carbonyl (C=O) groups excluding carboxylic acids is 1. The molecular formula is C17H16N2O2S. The first-order valence-corrected chi connectivity index (χ1v) is 7.83. The third-order valence-electron chi connectivity index (χ3n) is 3.51. The number of rotatable bonds is 5. The molecule has 0 fully saturated rings. The van der Waals surface area contributed by atoms with Gasteiger partial charge in [0.25, 0.3) is 0 Å². The minimum atomic E-state index is -0.489. The van der Waals surface area contributed by atoms with E-state index in [-0.39, 0.29) is 5.97 Å². The molecule has 4 nitrogen and oxygen atoms in total. The molecule has 0 radical (unpaired) electrons. The summed E-state index contributed by atoms with van der Waals surface area (Å²) in [7, 11) is 1.41. The molecule has 0 saturated heterocycles. The molecule has 1 atom stereocenters. The maximum atomic E-state index is 12.1. The maximum Gasteiger partial charge on any atom is 0.327 e. The van der Waals surface area contributed by atoms with Crippen LogP contribution in [0, 0.1) is 0 Å². The van der Waals surface area contributed by atoms with Crippen molar-refractivity contribution in [3.05, 3.63) is 64.6 Å². The fourth-order valence-corrected chi connectivity index (χ4v) is 2.92. The van der Waals surface area contributed by atoms with Gasteiger partial charge in [0.05, 0.1) is 12.6 Å². The summed E-state index contributed by atoms with van der Waals surface area (Å²) in [5.41, 5.74) is 2.68. The molecule has 3 aromatic rings. The molecule has 22 heavy (non-hydrogen) atoms. The van der Waals surface area contributed by atoms with Crippen LogP contribution in [0.15, 0.2) is 54.2 Å². The number of thiazole rings is 1. The van der Waals surface area contributed by atoms with Gasteiger partial charge < -0.3 is 4.74 Å². The lowest BCUT2D eigenvalue weighted by molar-refractivity contribution is -0.143.